The zero-order valence-corrected chi connectivity index (χ0v) is 33.0. The Balaban J connectivity index is 0.000000222. The van der Waals surface area contributed by atoms with Crippen LogP contribution in [0.15, 0.2) is 182 Å². The summed E-state index contributed by atoms with van der Waals surface area (Å²) in [5.41, 5.74) is 15.1. The number of thiophene rings is 1. The summed E-state index contributed by atoms with van der Waals surface area (Å²) in [7, 11) is 0. The van der Waals surface area contributed by atoms with Gasteiger partial charge in [-0.15, -0.1) is 11.3 Å². The summed E-state index contributed by atoms with van der Waals surface area (Å²) in [6.07, 6.45) is 0. The Morgan fingerprint density at radius 3 is 1.80 bits per heavy atom. The lowest BCUT2D eigenvalue weighted by Crippen LogP contribution is -1.94. The number of para-hydroxylation sites is 1. The van der Waals surface area contributed by atoms with Crippen LogP contribution >= 0.6 is 11.3 Å². The largest absolute Gasteiger partial charge is 0.309 e. The van der Waals surface area contributed by atoms with Gasteiger partial charge in [0.25, 0.3) is 0 Å². The van der Waals surface area contributed by atoms with Crippen molar-refractivity contribution in [3.8, 4) is 39.1 Å². The Kier molecular flexibility index (Phi) is 10.2. The minimum Gasteiger partial charge on any atom is -0.309 e. The van der Waals surface area contributed by atoms with Gasteiger partial charge in [-0.3, -0.25) is 0 Å². The van der Waals surface area contributed by atoms with Crippen LogP contribution < -0.4 is 0 Å². The summed E-state index contributed by atoms with van der Waals surface area (Å²) in [5, 5.41) is 5.32. The topological polar surface area (TPSA) is 4.93 Å². The number of benzene rings is 8. The van der Waals surface area contributed by atoms with Gasteiger partial charge in [-0.05, 0) is 114 Å². The van der Waals surface area contributed by atoms with E-state index in [2.05, 4.69) is 207 Å². The van der Waals surface area contributed by atoms with Crippen molar-refractivity contribution in [2.75, 3.05) is 0 Å². The number of rotatable bonds is 4. The molecule has 0 fully saturated rings. The zero-order valence-electron chi connectivity index (χ0n) is 32.2. The van der Waals surface area contributed by atoms with E-state index in [1.807, 2.05) is 25.2 Å². The van der Waals surface area contributed by atoms with Crippen molar-refractivity contribution >= 4 is 53.3 Å². The molecule has 0 aliphatic rings. The molecule has 10 rings (SSSR count). The average Bonchev–Trinajstić information content (AvgIpc) is 3.77. The van der Waals surface area contributed by atoms with Gasteiger partial charge in [-0.2, -0.15) is 0 Å². The molecular formula is C53H45NS. The molecule has 1 nitrogen and oxygen atoms in total. The number of hydrogen-bond acceptors (Lipinski definition) is 1. The lowest BCUT2D eigenvalue weighted by atomic mass is 9.93. The predicted molar refractivity (Wildman–Crippen MR) is 242 cm³/mol. The summed E-state index contributed by atoms with van der Waals surface area (Å²) >= 11 is 1.87. The van der Waals surface area contributed by atoms with Crippen LogP contribution in [0.25, 0.3) is 81.0 Å². The third kappa shape index (κ3) is 6.98. The Morgan fingerprint density at radius 2 is 0.982 bits per heavy atom. The minimum atomic E-state index is 1.17. The zero-order chi connectivity index (χ0) is 37.9. The van der Waals surface area contributed by atoms with Crippen LogP contribution in [0.2, 0.25) is 0 Å². The molecule has 0 unspecified atom stereocenters. The molecule has 0 saturated heterocycles. The Bertz CT molecular complexity index is 2930. The van der Waals surface area contributed by atoms with Crippen molar-refractivity contribution in [2.24, 2.45) is 0 Å². The van der Waals surface area contributed by atoms with E-state index in [9.17, 15) is 0 Å². The molecule has 0 spiro atoms. The van der Waals surface area contributed by atoms with Crippen LogP contribution in [0.3, 0.4) is 0 Å². The summed E-state index contributed by atoms with van der Waals surface area (Å²) in [6.45, 7) is 10.5. The maximum atomic E-state index is 2.40. The highest BCUT2D eigenvalue weighted by Gasteiger charge is 2.15. The highest BCUT2D eigenvalue weighted by atomic mass is 32.1. The third-order valence-electron chi connectivity index (χ3n) is 10.4. The number of nitrogens with zero attached hydrogens (tertiary/aromatic N) is 1. The van der Waals surface area contributed by atoms with Gasteiger partial charge in [0.1, 0.15) is 0 Å². The molecular weight excluding hydrogens is 683 g/mol. The number of fused-ring (bicyclic) bond motifs is 6. The fourth-order valence-electron chi connectivity index (χ4n) is 7.75. The average molecular weight is 728 g/mol. The molecule has 10 aromatic rings. The molecule has 0 atom stereocenters. The standard InChI is InChI=1S/C38H29N.C13H10S.C2H6/c1-26-11-6-7-16-33(26)34-21-19-30(23-27(34)2)31-20-22-38-36(25-31)35-17-8-9-18-37(35)39(38)32-15-10-14-29(24-32)28-12-4-3-5-13-28;1-9-6-7-13-11(8-9)10-4-2-3-5-12(10)14-13;1-2/h3-25H,1-2H3;2-8H,1H3;1-2H3. The van der Waals surface area contributed by atoms with Gasteiger partial charge in [-0.1, -0.05) is 153 Å². The number of aryl methyl sites for hydroxylation is 3. The van der Waals surface area contributed by atoms with Gasteiger partial charge in [-0.25, -0.2) is 0 Å². The molecule has 8 aromatic carbocycles. The molecule has 2 heteroatoms. The van der Waals surface area contributed by atoms with Crippen LogP contribution in [-0.4, -0.2) is 4.57 Å². The number of aromatic nitrogens is 1. The molecule has 0 amide bonds. The van der Waals surface area contributed by atoms with Crippen LogP contribution in [0.5, 0.6) is 0 Å². The van der Waals surface area contributed by atoms with E-state index in [4.69, 9.17) is 0 Å². The molecule has 0 saturated carbocycles. The van der Waals surface area contributed by atoms with Gasteiger partial charge in [0.05, 0.1) is 11.0 Å². The monoisotopic (exact) mass is 727 g/mol. The molecule has 0 N–H and O–H groups in total. The van der Waals surface area contributed by atoms with Crippen molar-refractivity contribution in [2.45, 2.75) is 34.6 Å². The molecule has 0 radical (unpaired) electrons. The second-order valence-corrected chi connectivity index (χ2v) is 15.0. The van der Waals surface area contributed by atoms with Gasteiger partial charge in [0.15, 0.2) is 0 Å². The van der Waals surface area contributed by atoms with Crippen molar-refractivity contribution in [3.63, 3.8) is 0 Å². The Labute approximate surface area is 328 Å². The maximum Gasteiger partial charge on any atom is 0.0541 e. The van der Waals surface area contributed by atoms with Crippen molar-refractivity contribution in [1.82, 2.24) is 4.57 Å². The van der Waals surface area contributed by atoms with E-state index in [0.717, 1.165) is 0 Å². The SMILES string of the molecule is CC.Cc1ccc2sc3ccccc3c2c1.Cc1ccccc1-c1ccc(-c2ccc3c(c2)c2ccccc2n3-c2cccc(-c3ccccc3)c2)cc1C. The molecule has 0 bridgehead atoms. The maximum absolute atomic E-state index is 2.40. The first-order valence-electron chi connectivity index (χ1n) is 19.3. The van der Waals surface area contributed by atoms with Crippen LogP contribution in [-0.2, 0) is 0 Å². The number of hydrogen-bond donors (Lipinski definition) is 0. The molecule has 55 heavy (non-hydrogen) atoms. The van der Waals surface area contributed by atoms with Gasteiger partial charge in [0, 0.05) is 36.6 Å². The van der Waals surface area contributed by atoms with E-state index in [1.54, 1.807) is 0 Å². The van der Waals surface area contributed by atoms with E-state index in [1.165, 1.54) is 97.7 Å². The van der Waals surface area contributed by atoms with Crippen LogP contribution in [0, 0.1) is 20.8 Å². The van der Waals surface area contributed by atoms with Gasteiger partial charge in [0.2, 0.25) is 0 Å². The summed E-state index contributed by atoms with van der Waals surface area (Å²) in [4.78, 5) is 0. The van der Waals surface area contributed by atoms with E-state index < -0.39 is 0 Å². The molecule has 0 aliphatic carbocycles. The molecule has 0 aliphatic heterocycles. The highest BCUT2D eigenvalue weighted by molar-refractivity contribution is 7.25. The lowest BCUT2D eigenvalue weighted by molar-refractivity contribution is 1.18. The van der Waals surface area contributed by atoms with E-state index in [0.29, 0.717) is 0 Å². The van der Waals surface area contributed by atoms with E-state index >= 15 is 0 Å². The van der Waals surface area contributed by atoms with Crippen LogP contribution in [0.1, 0.15) is 30.5 Å². The van der Waals surface area contributed by atoms with Crippen LogP contribution in [0.4, 0.5) is 0 Å². The first-order valence-corrected chi connectivity index (χ1v) is 20.1. The second kappa shape index (κ2) is 15.6. The van der Waals surface area contributed by atoms with Crippen molar-refractivity contribution in [1.29, 1.82) is 0 Å². The second-order valence-electron chi connectivity index (χ2n) is 13.9. The molecule has 2 heterocycles. The predicted octanol–water partition coefficient (Wildman–Crippen LogP) is 15.8. The van der Waals surface area contributed by atoms with Crippen molar-refractivity contribution in [3.05, 3.63) is 199 Å². The summed E-state index contributed by atoms with van der Waals surface area (Å²) < 4.78 is 5.16. The summed E-state index contributed by atoms with van der Waals surface area (Å²) in [5.74, 6) is 0. The summed E-state index contributed by atoms with van der Waals surface area (Å²) in [6, 6.07) is 65.8. The lowest BCUT2D eigenvalue weighted by Gasteiger charge is -2.12. The normalized spacial score (nSPS) is 11.0. The smallest absolute Gasteiger partial charge is 0.0541 e. The van der Waals surface area contributed by atoms with E-state index in [-0.39, 0.29) is 0 Å². The highest BCUT2D eigenvalue weighted by Crippen LogP contribution is 2.38. The van der Waals surface area contributed by atoms with Gasteiger partial charge >= 0.3 is 0 Å². The first-order chi connectivity index (χ1) is 27.0. The van der Waals surface area contributed by atoms with Gasteiger partial charge < -0.3 is 4.57 Å². The Morgan fingerprint density at radius 1 is 0.364 bits per heavy atom. The fraction of sp³-hybridized carbons (Fsp3) is 0.0943. The molecule has 268 valence electrons. The first kappa shape index (κ1) is 35.8. The third-order valence-corrected chi connectivity index (χ3v) is 11.6. The fourth-order valence-corrected chi connectivity index (χ4v) is 8.83. The Hall–Kier alpha value is -6.22. The van der Waals surface area contributed by atoms with Crippen molar-refractivity contribution < 1.29 is 0 Å². The minimum absolute atomic E-state index is 1.17. The quantitative estimate of drug-likeness (QED) is 0.170. The molecule has 2 aromatic heterocycles.